The van der Waals surface area contributed by atoms with Crippen LogP contribution in [0, 0.1) is 11.8 Å². The molecule has 1 aliphatic heterocycles. The Morgan fingerprint density at radius 3 is 2.42 bits per heavy atom. The molecular formula is C15H27NO3. The van der Waals surface area contributed by atoms with E-state index in [0.29, 0.717) is 5.92 Å². The summed E-state index contributed by atoms with van der Waals surface area (Å²) in [5.41, 5.74) is 5.62. The molecule has 19 heavy (non-hydrogen) atoms. The average Bonchev–Trinajstić information content (AvgIpc) is 2.53. The molecule has 1 saturated heterocycles. The topological polar surface area (TPSA) is 61.5 Å². The van der Waals surface area contributed by atoms with Gasteiger partial charge in [0.15, 0.2) is 6.10 Å². The third-order valence-corrected chi connectivity index (χ3v) is 3.60. The van der Waals surface area contributed by atoms with Crippen molar-refractivity contribution in [3.05, 3.63) is 12.7 Å². The lowest BCUT2D eigenvalue weighted by Gasteiger charge is -2.33. The summed E-state index contributed by atoms with van der Waals surface area (Å²) >= 11 is 0. The maximum atomic E-state index is 11.3. The highest BCUT2D eigenvalue weighted by molar-refractivity contribution is 5.66. The van der Waals surface area contributed by atoms with Gasteiger partial charge < -0.3 is 15.2 Å². The smallest absolute Gasteiger partial charge is 0.303 e. The molecule has 0 spiro atoms. The first-order valence-corrected chi connectivity index (χ1v) is 6.97. The van der Waals surface area contributed by atoms with Gasteiger partial charge in [0.25, 0.3) is 0 Å². The van der Waals surface area contributed by atoms with E-state index in [4.69, 9.17) is 15.2 Å². The van der Waals surface area contributed by atoms with Gasteiger partial charge in [0.05, 0.1) is 12.2 Å². The van der Waals surface area contributed by atoms with Gasteiger partial charge in [-0.1, -0.05) is 33.8 Å². The lowest BCUT2D eigenvalue weighted by molar-refractivity contribution is -0.151. The van der Waals surface area contributed by atoms with Crippen LogP contribution in [0.15, 0.2) is 12.7 Å². The molecule has 4 nitrogen and oxygen atoms in total. The van der Waals surface area contributed by atoms with Crippen LogP contribution in [0.3, 0.4) is 0 Å². The third kappa shape index (κ3) is 3.37. The molecule has 1 fully saturated rings. The summed E-state index contributed by atoms with van der Waals surface area (Å²) in [6.07, 6.45) is 1.68. The monoisotopic (exact) mass is 269 g/mol. The summed E-state index contributed by atoms with van der Waals surface area (Å²) in [5, 5.41) is 0. The highest BCUT2D eigenvalue weighted by Gasteiger charge is 2.55. The molecule has 2 N–H and O–H groups in total. The molecule has 0 aromatic rings. The van der Waals surface area contributed by atoms with E-state index in [1.165, 1.54) is 6.92 Å². The first-order chi connectivity index (χ1) is 8.72. The normalized spacial score (nSPS) is 34.8. The maximum absolute atomic E-state index is 11.3. The van der Waals surface area contributed by atoms with Crippen LogP contribution in [-0.4, -0.2) is 29.8 Å². The fraction of sp³-hybridized carbons (Fsp3) is 0.800. The Bertz CT molecular complexity index is 340. The Morgan fingerprint density at radius 1 is 1.47 bits per heavy atom. The fourth-order valence-electron chi connectivity index (χ4n) is 2.83. The van der Waals surface area contributed by atoms with Crippen LogP contribution in [0.5, 0.6) is 0 Å². The van der Waals surface area contributed by atoms with E-state index in [0.717, 1.165) is 6.42 Å². The zero-order valence-electron chi connectivity index (χ0n) is 12.7. The van der Waals surface area contributed by atoms with Gasteiger partial charge in [0.2, 0.25) is 0 Å². The Labute approximate surface area is 116 Å². The quantitative estimate of drug-likeness (QED) is 0.614. The predicted molar refractivity (Wildman–Crippen MR) is 75.6 cm³/mol. The molecule has 1 rings (SSSR count). The number of esters is 1. The van der Waals surface area contributed by atoms with Gasteiger partial charge in [-0.2, -0.15) is 0 Å². The highest BCUT2D eigenvalue weighted by Crippen LogP contribution is 2.38. The minimum Gasteiger partial charge on any atom is -0.457 e. The molecule has 0 aliphatic carbocycles. The number of rotatable bonds is 5. The van der Waals surface area contributed by atoms with E-state index in [9.17, 15) is 4.79 Å². The van der Waals surface area contributed by atoms with Crippen LogP contribution in [0.25, 0.3) is 0 Å². The molecule has 0 saturated carbocycles. The SMILES string of the molecule is C=C[C@@]1(N)[C@H](OC(C)=O)[C@@H](CC(C)C)O[C@H]1C(C)C. The van der Waals surface area contributed by atoms with Gasteiger partial charge in [-0.05, 0) is 18.3 Å². The first kappa shape index (κ1) is 16.2. The van der Waals surface area contributed by atoms with Crippen molar-refractivity contribution in [1.82, 2.24) is 0 Å². The van der Waals surface area contributed by atoms with E-state index >= 15 is 0 Å². The number of hydrogen-bond donors (Lipinski definition) is 1. The second kappa shape index (κ2) is 6.06. The highest BCUT2D eigenvalue weighted by atomic mass is 16.6. The number of carbonyl (C=O) groups excluding carboxylic acids is 1. The maximum Gasteiger partial charge on any atom is 0.303 e. The molecule has 4 atom stereocenters. The molecule has 1 aliphatic rings. The second-order valence-electron chi connectivity index (χ2n) is 6.20. The summed E-state index contributed by atoms with van der Waals surface area (Å²) in [5.74, 6) is 0.352. The Morgan fingerprint density at radius 2 is 2.05 bits per heavy atom. The minimum atomic E-state index is -0.820. The number of ether oxygens (including phenoxy) is 2. The van der Waals surface area contributed by atoms with Crippen molar-refractivity contribution in [3.8, 4) is 0 Å². The molecule has 0 aromatic heterocycles. The second-order valence-corrected chi connectivity index (χ2v) is 6.20. The molecule has 110 valence electrons. The summed E-state index contributed by atoms with van der Waals surface area (Å²) in [7, 11) is 0. The van der Waals surface area contributed by atoms with Gasteiger partial charge in [-0.25, -0.2) is 0 Å². The van der Waals surface area contributed by atoms with Gasteiger partial charge in [0, 0.05) is 6.92 Å². The largest absolute Gasteiger partial charge is 0.457 e. The van der Waals surface area contributed by atoms with E-state index in [1.54, 1.807) is 6.08 Å². The van der Waals surface area contributed by atoms with Crippen molar-refractivity contribution < 1.29 is 14.3 Å². The Hall–Kier alpha value is -0.870. The van der Waals surface area contributed by atoms with E-state index in [2.05, 4.69) is 34.3 Å². The Kier molecular flexibility index (Phi) is 5.16. The molecule has 0 bridgehead atoms. The van der Waals surface area contributed by atoms with Crippen molar-refractivity contribution in [3.63, 3.8) is 0 Å². The van der Waals surface area contributed by atoms with Gasteiger partial charge in [-0.15, -0.1) is 6.58 Å². The summed E-state index contributed by atoms with van der Waals surface area (Å²) in [4.78, 5) is 11.3. The van der Waals surface area contributed by atoms with Crippen molar-refractivity contribution in [2.24, 2.45) is 17.6 Å². The number of carbonyl (C=O) groups is 1. The van der Waals surface area contributed by atoms with Crippen LogP contribution in [-0.2, 0) is 14.3 Å². The number of nitrogens with two attached hydrogens (primary N) is 1. The minimum absolute atomic E-state index is 0.167. The van der Waals surface area contributed by atoms with Crippen molar-refractivity contribution in [2.45, 2.75) is 64.9 Å². The zero-order chi connectivity index (χ0) is 14.8. The Balaban J connectivity index is 3.06. The summed E-state index contributed by atoms with van der Waals surface area (Å²) < 4.78 is 11.5. The standard InChI is InChI=1S/C15H27NO3/c1-7-15(16)13(10(4)5)19-12(8-9(2)3)14(15)18-11(6)17/h7,9-10,12-14H,1,8,16H2,2-6H3/t12-,13+,14-,15+/m1/s1. The van der Waals surface area contributed by atoms with Crippen LogP contribution in [0.2, 0.25) is 0 Å². The summed E-state index contributed by atoms with van der Waals surface area (Å²) in [6, 6.07) is 0. The molecule has 4 heteroatoms. The number of hydrogen-bond acceptors (Lipinski definition) is 4. The van der Waals surface area contributed by atoms with E-state index < -0.39 is 11.6 Å². The van der Waals surface area contributed by atoms with Gasteiger partial charge >= 0.3 is 5.97 Å². The molecule has 1 heterocycles. The van der Waals surface area contributed by atoms with E-state index in [1.807, 2.05) is 0 Å². The van der Waals surface area contributed by atoms with Crippen molar-refractivity contribution in [2.75, 3.05) is 0 Å². The van der Waals surface area contributed by atoms with Gasteiger partial charge in [-0.3, -0.25) is 4.79 Å². The molecule has 0 aromatic carbocycles. The first-order valence-electron chi connectivity index (χ1n) is 6.97. The van der Waals surface area contributed by atoms with Crippen molar-refractivity contribution >= 4 is 5.97 Å². The zero-order valence-corrected chi connectivity index (χ0v) is 12.7. The van der Waals surface area contributed by atoms with Crippen LogP contribution in [0.4, 0.5) is 0 Å². The van der Waals surface area contributed by atoms with E-state index in [-0.39, 0.29) is 24.1 Å². The molecular weight excluding hydrogens is 242 g/mol. The molecule has 0 radical (unpaired) electrons. The predicted octanol–water partition coefficient (Wildman–Crippen LogP) is 2.27. The average molecular weight is 269 g/mol. The fourth-order valence-corrected chi connectivity index (χ4v) is 2.83. The third-order valence-electron chi connectivity index (χ3n) is 3.60. The van der Waals surface area contributed by atoms with Gasteiger partial charge in [0.1, 0.15) is 5.54 Å². The van der Waals surface area contributed by atoms with Crippen LogP contribution in [0.1, 0.15) is 41.0 Å². The lowest BCUT2D eigenvalue weighted by Crippen LogP contribution is -2.57. The van der Waals surface area contributed by atoms with Crippen LogP contribution < -0.4 is 5.73 Å². The molecule has 0 amide bonds. The van der Waals surface area contributed by atoms with Crippen molar-refractivity contribution in [1.29, 1.82) is 0 Å². The summed E-state index contributed by atoms with van der Waals surface area (Å²) in [6.45, 7) is 13.6. The van der Waals surface area contributed by atoms with Crippen LogP contribution >= 0.6 is 0 Å². The lowest BCUT2D eigenvalue weighted by atomic mass is 9.81. The molecule has 0 unspecified atom stereocenters.